The number of aromatic nitrogens is 3. The summed E-state index contributed by atoms with van der Waals surface area (Å²) in [5.41, 5.74) is 0.977. The highest BCUT2D eigenvalue weighted by Crippen LogP contribution is 2.28. The van der Waals surface area contributed by atoms with Crippen molar-refractivity contribution in [1.82, 2.24) is 24.1 Å². The van der Waals surface area contributed by atoms with Gasteiger partial charge in [-0.05, 0) is 37.1 Å². The number of likely N-dealkylation sites (N-methyl/N-ethyl adjacent to an activating group) is 1. The van der Waals surface area contributed by atoms with Gasteiger partial charge in [-0.2, -0.15) is 4.37 Å². The Balaban J connectivity index is 1.49. The number of amides is 2. The highest BCUT2D eigenvalue weighted by atomic mass is 32.1. The van der Waals surface area contributed by atoms with Crippen LogP contribution in [0.3, 0.4) is 0 Å². The van der Waals surface area contributed by atoms with Crippen molar-refractivity contribution in [2.45, 2.75) is 13.8 Å². The van der Waals surface area contributed by atoms with Crippen LogP contribution in [0.15, 0.2) is 30.6 Å². The van der Waals surface area contributed by atoms with Crippen molar-refractivity contribution < 1.29 is 18.4 Å². The van der Waals surface area contributed by atoms with Crippen LogP contribution in [0.5, 0.6) is 0 Å². The molecule has 1 aliphatic heterocycles. The van der Waals surface area contributed by atoms with Crippen LogP contribution in [0.1, 0.15) is 33.5 Å². The fraction of sp³-hybridized carbons (Fsp3) is 0.318. The second-order valence-electron chi connectivity index (χ2n) is 7.70. The summed E-state index contributed by atoms with van der Waals surface area (Å²) in [6.45, 7) is 7.55. The molecule has 1 saturated heterocycles. The van der Waals surface area contributed by atoms with Crippen molar-refractivity contribution in [1.29, 1.82) is 0 Å². The van der Waals surface area contributed by atoms with Gasteiger partial charge in [0.05, 0.1) is 23.7 Å². The van der Waals surface area contributed by atoms with Gasteiger partial charge in [0.1, 0.15) is 16.5 Å². The summed E-state index contributed by atoms with van der Waals surface area (Å²) >= 11 is 1.04. The normalized spacial score (nSPS) is 14.2. The first kappa shape index (κ1) is 23.6. The van der Waals surface area contributed by atoms with Gasteiger partial charge in [-0.3, -0.25) is 14.6 Å². The third-order valence-corrected chi connectivity index (χ3v) is 6.32. The minimum atomic E-state index is -1.07. The molecule has 0 atom stereocenters. The standard InChI is InChI=1S/C22H23F2N7O2S/c1-3-30-6-8-31(9-7-30)22(33)17-11-25-12-18(27-17)28-21-19(13(2)29-34-21)20(32)26-14-4-5-15(23)16(24)10-14/h4-5,10-12H,3,6-9H2,1-2H3,(H,26,32)(H,27,28). The van der Waals surface area contributed by atoms with Gasteiger partial charge in [0.2, 0.25) is 0 Å². The average molecular weight is 488 g/mol. The number of benzene rings is 1. The first-order chi connectivity index (χ1) is 16.4. The van der Waals surface area contributed by atoms with E-state index in [1.54, 1.807) is 11.8 Å². The van der Waals surface area contributed by atoms with Crippen LogP contribution in [-0.2, 0) is 0 Å². The monoisotopic (exact) mass is 487 g/mol. The highest BCUT2D eigenvalue weighted by molar-refractivity contribution is 7.10. The van der Waals surface area contributed by atoms with E-state index in [4.69, 9.17) is 0 Å². The molecule has 1 aromatic carbocycles. The van der Waals surface area contributed by atoms with Crippen molar-refractivity contribution in [3.05, 3.63) is 59.2 Å². The molecule has 1 fully saturated rings. The van der Waals surface area contributed by atoms with E-state index in [1.807, 2.05) is 0 Å². The molecular formula is C22H23F2N7O2S. The van der Waals surface area contributed by atoms with Gasteiger partial charge in [0.15, 0.2) is 11.6 Å². The molecule has 0 saturated carbocycles. The maximum absolute atomic E-state index is 13.5. The van der Waals surface area contributed by atoms with E-state index < -0.39 is 17.5 Å². The Morgan fingerprint density at radius 2 is 1.88 bits per heavy atom. The molecule has 3 heterocycles. The molecule has 0 radical (unpaired) electrons. The second kappa shape index (κ2) is 10.2. The van der Waals surface area contributed by atoms with Crippen molar-refractivity contribution >= 4 is 39.9 Å². The van der Waals surface area contributed by atoms with Crippen molar-refractivity contribution in [2.24, 2.45) is 0 Å². The zero-order valence-electron chi connectivity index (χ0n) is 18.6. The molecule has 0 aliphatic carbocycles. The van der Waals surface area contributed by atoms with Crippen LogP contribution in [-0.4, -0.2) is 68.7 Å². The van der Waals surface area contributed by atoms with Crippen LogP contribution in [0.25, 0.3) is 0 Å². The largest absolute Gasteiger partial charge is 0.335 e. The summed E-state index contributed by atoms with van der Waals surface area (Å²) in [5.74, 6) is -2.54. The molecular weight excluding hydrogens is 464 g/mol. The Kier molecular flexibility index (Phi) is 7.08. The summed E-state index contributed by atoms with van der Waals surface area (Å²) in [7, 11) is 0. The number of halogens is 2. The molecule has 178 valence electrons. The Morgan fingerprint density at radius 1 is 1.12 bits per heavy atom. The molecule has 2 amide bonds. The molecule has 1 aliphatic rings. The predicted molar refractivity (Wildman–Crippen MR) is 124 cm³/mol. The molecule has 2 aromatic heterocycles. The molecule has 0 unspecified atom stereocenters. The zero-order chi connectivity index (χ0) is 24.2. The van der Waals surface area contributed by atoms with Gasteiger partial charge >= 0.3 is 0 Å². The van der Waals surface area contributed by atoms with Crippen LogP contribution >= 0.6 is 11.5 Å². The molecule has 0 bridgehead atoms. The van der Waals surface area contributed by atoms with Crippen LogP contribution in [0, 0.1) is 18.6 Å². The van der Waals surface area contributed by atoms with Gasteiger partial charge in [0, 0.05) is 37.9 Å². The smallest absolute Gasteiger partial charge is 0.274 e. The van der Waals surface area contributed by atoms with Gasteiger partial charge in [-0.1, -0.05) is 6.92 Å². The van der Waals surface area contributed by atoms with E-state index in [-0.39, 0.29) is 28.7 Å². The van der Waals surface area contributed by atoms with E-state index in [2.05, 4.69) is 36.8 Å². The summed E-state index contributed by atoms with van der Waals surface area (Å²) in [4.78, 5) is 38.2. The van der Waals surface area contributed by atoms with E-state index >= 15 is 0 Å². The lowest BCUT2D eigenvalue weighted by Crippen LogP contribution is -2.48. The van der Waals surface area contributed by atoms with E-state index in [0.717, 1.165) is 43.3 Å². The third kappa shape index (κ3) is 5.18. The number of nitrogens with one attached hydrogen (secondary N) is 2. The van der Waals surface area contributed by atoms with Gasteiger partial charge in [-0.15, -0.1) is 0 Å². The van der Waals surface area contributed by atoms with E-state index in [1.165, 1.54) is 18.5 Å². The van der Waals surface area contributed by atoms with Crippen LogP contribution in [0.2, 0.25) is 0 Å². The fourth-order valence-corrected chi connectivity index (χ4v) is 4.37. The maximum atomic E-state index is 13.5. The molecule has 3 aromatic rings. The average Bonchev–Trinajstić information content (AvgIpc) is 3.21. The Morgan fingerprint density at radius 3 is 2.59 bits per heavy atom. The number of anilines is 3. The van der Waals surface area contributed by atoms with Gasteiger partial charge < -0.3 is 20.4 Å². The topological polar surface area (TPSA) is 103 Å². The maximum Gasteiger partial charge on any atom is 0.274 e. The SMILES string of the molecule is CCN1CCN(C(=O)c2cncc(Nc3snc(C)c3C(=O)Nc3ccc(F)c(F)c3)n2)CC1. The fourth-order valence-electron chi connectivity index (χ4n) is 3.56. The van der Waals surface area contributed by atoms with E-state index in [9.17, 15) is 18.4 Å². The highest BCUT2D eigenvalue weighted by Gasteiger charge is 2.24. The van der Waals surface area contributed by atoms with Crippen LogP contribution < -0.4 is 10.6 Å². The number of rotatable bonds is 6. The Labute approximate surface area is 199 Å². The quantitative estimate of drug-likeness (QED) is 0.550. The van der Waals surface area contributed by atoms with Gasteiger partial charge in [-0.25, -0.2) is 13.8 Å². The number of nitrogens with zero attached hydrogens (tertiary/aromatic N) is 5. The summed E-state index contributed by atoms with van der Waals surface area (Å²) in [5, 5.41) is 5.93. The lowest BCUT2D eigenvalue weighted by Gasteiger charge is -2.33. The molecule has 2 N–H and O–H groups in total. The zero-order valence-corrected chi connectivity index (χ0v) is 19.5. The number of hydrogen-bond donors (Lipinski definition) is 2. The lowest BCUT2D eigenvalue weighted by atomic mass is 10.2. The minimum Gasteiger partial charge on any atom is -0.335 e. The van der Waals surface area contributed by atoms with Crippen molar-refractivity contribution in [3.63, 3.8) is 0 Å². The van der Waals surface area contributed by atoms with E-state index in [0.29, 0.717) is 23.8 Å². The van der Waals surface area contributed by atoms with Crippen molar-refractivity contribution in [3.8, 4) is 0 Å². The summed E-state index contributed by atoms with van der Waals surface area (Å²) in [6, 6.07) is 3.10. The first-order valence-corrected chi connectivity index (χ1v) is 11.5. The molecule has 0 spiro atoms. The van der Waals surface area contributed by atoms with Crippen molar-refractivity contribution in [2.75, 3.05) is 43.4 Å². The van der Waals surface area contributed by atoms with Crippen LogP contribution in [0.4, 0.5) is 25.3 Å². The molecule has 4 rings (SSSR count). The summed E-state index contributed by atoms with van der Waals surface area (Å²) < 4.78 is 30.9. The van der Waals surface area contributed by atoms with Gasteiger partial charge in [0.25, 0.3) is 11.8 Å². The number of carbonyl (C=O) groups excluding carboxylic acids is 2. The first-order valence-electron chi connectivity index (χ1n) is 10.7. The number of carbonyl (C=O) groups is 2. The predicted octanol–water partition coefficient (Wildman–Crippen LogP) is 3.29. The number of piperazine rings is 1. The Bertz CT molecular complexity index is 1210. The summed E-state index contributed by atoms with van der Waals surface area (Å²) in [6.07, 6.45) is 2.85. The lowest BCUT2D eigenvalue weighted by molar-refractivity contribution is 0.0637. The number of hydrogen-bond acceptors (Lipinski definition) is 8. The second-order valence-corrected chi connectivity index (χ2v) is 8.47. The molecule has 34 heavy (non-hydrogen) atoms. The third-order valence-electron chi connectivity index (χ3n) is 5.47. The molecule has 9 nitrogen and oxygen atoms in total. The Hall–Kier alpha value is -3.51. The number of aryl methyl sites for hydroxylation is 1. The minimum absolute atomic E-state index is 0.107. The molecule has 12 heteroatoms.